The first-order valence-electron chi connectivity index (χ1n) is 6.49. The third kappa shape index (κ3) is 3.64. The number of hydrogen-bond acceptors (Lipinski definition) is 4. The Kier molecular flexibility index (Phi) is 5.56. The van der Waals surface area contributed by atoms with Crippen LogP contribution >= 0.6 is 23.7 Å². The average molecular weight is 326 g/mol. The van der Waals surface area contributed by atoms with Crippen molar-refractivity contribution < 1.29 is 9.90 Å². The molecule has 0 amide bonds. The number of benzene rings is 1. The van der Waals surface area contributed by atoms with Crippen molar-refractivity contribution in [1.29, 1.82) is 0 Å². The lowest BCUT2D eigenvalue weighted by Gasteiger charge is -2.22. The molecule has 2 rings (SSSR count). The van der Waals surface area contributed by atoms with Crippen molar-refractivity contribution in [2.45, 2.75) is 32.7 Å². The summed E-state index contributed by atoms with van der Waals surface area (Å²) in [5.41, 5.74) is 7.37. The molecule has 1 aromatic carbocycles. The molecule has 0 fully saturated rings. The van der Waals surface area contributed by atoms with Gasteiger partial charge in [-0.2, -0.15) is 0 Å². The van der Waals surface area contributed by atoms with Gasteiger partial charge < -0.3 is 10.8 Å². The van der Waals surface area contributed by atoms with E-state index in [9.17, 15) is 9.90 Å². The van der Waals surface area contributed by atoms with Crippen LogP contribution in [0.5, 0.6) is 5.75 Å². The largest absolute Gasteiger partial charge is 0.507 e. The van der Waals surface area contributed by atoms with Gasteiger partial charge in [0.1, 0.15) is 5.75 Å². The van der Waals surface area contributed by atoms with Gasteiger partial charge in [0, 0.05) is 23.2 Å². The molecule has 0 aliphatic heterocycles. The summed E-state index contributed by atoms with van der Waals surface area (Å²) >= 11 is 1.41. The van der Waals surface area contributed by atoms with Gasteiger partial charge in [-0.1, -0.05) is 26.8 Å². The lowest BCUT2D eigenvalue weighted by molar-refractivity contribution is 0.104. The van der Waals surface area contributed by atoms with Crippen LogP contribution in [0.15, 0.2) is 29.6 Å². The highest BCUT2D eigenvalue weighted by atomic mass is 35.5. The van der Waals surface area contributed by atoms with Crippen molar-refractivity contribution in [3.63, 3.8) is 0 Å². The second-order valence-corrected chi connectivity index (χ2v) is 6.74. The molecule has 1 aromatic heterocycles. The van der Waals surface area contributed by atoms with E-state index in [2.05, 4.69) is 0 Å². The fourth-order valence-electron chi connectivity index (χ4n) is 2.10. The van der Waals surface area contributed by atoms with Gasteiger partial charge in [0.2, 0.25) is 5.78 Å². The van der Waals surface area contributed by atoms with Crippen molar-refractivity contribution >= 4 is 29.5 Å². The first-order chi connectivity index (χ1) is 9.34. The Morgan fingerprint density at radius 3 is 2.48 bits per heavy atom. The Morgan fingerprint density at radius 1 is 1.33 bits per heavy atom. The van der Waals surface area contributed by atoms with E-state index in [-0.39, 0.29) is 35.9 Å². The van der Waals surface area contributed by atoms with Crippen LogP contribution in [-0.2, 0) is 12.0 Å². The minimum Gasteiger partial charge on any atom is -0.507 e. The number of carbonyl (C=O) groups is 1. The fraction of sp³-hybridized carbons (Fsp3) is 0.312. The molecule has 3 N–H and O–H groups in total. The average Bonchev–Trinajstić information content (AvgIpc) is 2.90. The molecule has 0 radical (unpaired) electrons. The summed E-state index contributed by atoms with van der Waals surface area (Å²) in [5, 5.41) is 12.1. The summed E-state index contributed by atoms with van der Waals surface area (Å²) in [5.74, 6) is 0.169. The number of ketones is 1. The van der Waals surface area contributed by atoms with Crippen LogP contribution < -0.4 is 5.73 Å². The minimum atomic E-state index is -0.250. The van der Waals surface area contributed by atoms with Crippen molar-refractivity contribution in [3.05, 3.63) is 51.2 Å². The van der Waals surface area contributed by atoms with Gasteiger partial charge in [-0.05, 0) is 29.0 Å². The zero-order valence-electron chi connectivity index (χ0n) is 12.3. The van der Waals surface area contributed by atoms with E-state index in [1.165, 1.54) is 11.3 Å². The maximum Gasteiger partial charge on any atom is 0.202 e. The van der Waals surface area contributed by atoms with Crippen molar-refractivity contribution in [1.82, 2.24) is 0 Å². The number of hydrogen-bond donors (Lipinski definition) is 2. The van der Waals surface area contributed by atoms with Crippen LogP contribution in [-0.4, -0.2) is 10.9 Å². The van der Waals surface area contributed by atoms with Crippen LogP contribution in [0.3, 0.4) is 0 Å². The van der Waals surface area contributed by atoms with Crippen LogP contribution in [0.25, 0.3) is 0 Å². The SMILES string of the molecule is CC(C)(C)c1cc(C(=O)c2cccs2)cc(CN)c1O.Cl. The molecule has 5 heteroatoms. The Labute approximate surface area is 135 Å². The summed E-state index contributed by atoms with van der Waals surface area (Å²) in [7, 11) is 0. The van der Waals surface area contributed by atoms with Gasteiger partial charge in [0.05, 0.1) is 4.88 Å². The molecule has 0 aliphatic rings. The van der Waals surface area contributed by atoms with E-state index in [1.54, 1.807) is 18.2 Å². The highest BCUT2D eigenvalue weighted by molar-refractivity contribution is 7.12. The zero-order valence-corrected chi connectivity index (χ0v) is 14.0. The van der Waals surface area contributed by atoms with Crippen molar-refractivity contribution in [3.8, 4) is 5.75 Å². The molecule has 2 aromatic rings. The lowest BCUT2D eigenvalue weighted by atomic mass is 9.83. The monoisotopic (exact) mass is 325 g/mol. The summed E-state index contributed by atoms with van der Waals surface area (Å²) in [4.78, 5) is 13.1. The number of thiophene rings is 1. The first-order valence-corrected chi connectivity index (χ1v) is 7.37. The smallest absolute Gasteiger partial charge is 0.202 e. The molecule has 0 unspecified atom stereocenters. The molecule has 0 bridgehead atoms. The van der Waals surface area contributed by atoms with Crippen LogP contribution in [0, 0.1) is 0 Å². The van der Waals surface area contributed by atoms with E-state index < -0.39 is 0 Å². The molecule has 1 heterocycles. The van der Waals surface area contributed by atoms with Crippen molar-refractivity contribution in [2.75, 3.05) is 0 Å². The molecule has 3 nitrogen and oxygen atoms in total. The normalized spacial score (nSPS) is 11.0. The predicted octanol–water partition coefficient (Wildman–Crippen LogP) is 3.86. The summed E-state index contributed by atoms with van der Waals surface area (Å²) < 4.78 is 0. The van der Waals surface area contributed by atoms with E-state index in [0.29, 0.717) is 16.0 Å². The van der Waals surface area contributed by atoms with E-state index in [1.807, 2.05) is 32.2 Å². The lowest BCUT2D eigenvalue weighted by Crippen LogP contribution is -2.15. The fourth-order valence-corrected chi connectivity index (χ4v) is 2.79. The third-order valence-electron chi connectivity index (χ3n) is 3.22. The maximum absolute atomic E-state index is 12.5. The highest BCUT2D eigenvalue weighted by Gasteiger charge is 2.23. The van der Waals surface area contributed by atoms with Gasteiger partial charge in [-0.3, -0.25) is 4.79 Å². The van der Waals surface area contributed by atoms with Gasteiger partial charge in [-0.15, -0.1) is 23.7 Å². The quantitative estimate of drug-likeness (QED) is 0.842. The Balaban J connectivity index is 0.00000220. The van der Waals surface area contributed by atoms with E-state index in [4.69, 9.17) is 5.73 Å². The molecule has 0 spiro atoms. The van der Waals surface area contributed by atoms with E-state index >= 15 is 0 Å². The van der Waals surface area contributed by atoms with Gasteiger partial charge in [0.15, 0.2) is 0 Å². The van der Waals surface area contributed by atoms with Crippen LogP contribution in [0.2, 0.25) is 0 Å². The van der Waals surface area contributed by atoms with Crippen LogP contribution in [0.1, 0.15) is 47.1 Å². The third-order valence-corrected chi connectivity index (χ3v) is 4.09. The van der Waals surface area contributed by atoms with Crippen LogP contribution in [0.4, 0.5) is 0 Å². The number of phenols is 1. The van der Waals surface area contributed by atoms with Gasteiger partial charge in [-0.25, -0.2) is 0 Å². The number of carbonyl (C=O) groups excluding carboxylic acids is 1. The molecular formula is C16H20ClNO2S. The van der Waals surface area contributed by atoms with Gasteiger partial charge >= 0.3 is 0 Å². The Bertz CT molecular complexity index is 630. The summed E-state index contributed by atoms with van der Waals surface area (Å²) in [6.07, 6.45) is 0. The summed E-state index contributed by atoms with van der Waals surface area (Å²) in [6.45, 7) is 6.21. The second kappa shape index (κ2) is 6.60. The van der Waals surface area contributed by atoms with Gasteiger partial charge in [0.25, 0.3) is 0 Å². The number of rotatable bonds is 3. The zero-order chi connectivity index (χ0) is 14.9. The number of aromatic hydroxyl groups is 1. The molecule has 114 valence electrons. The predicted molar refractivity (Wildman–Crippen MR) is 89.7 cm³/mol. The Hall–Kier alpha value is -1.36. The first kappa shape index (κ1) is 17.7. The Morgan fingerprint density at radius 2 is 2.00 bits per heavy atom. The molecular weight excluding hydrogens is 306 g/mol. The number of nitrogens with two attached hydrogens (primary N) is 1. The standard InChI is InChI=1S/C16H19NO2S.ClH/c1-16(2,3)12-8-10(7-11(9-17)14(12)18)15(19)13-5-4-6-20-13;/h4-8,18H,9,17H2,1-3H3;1H. The molecule has 0 saturated carbocycles. The highest BCUT2D eigenvalue weighted by Crippen LogP contribution is 2.35. The van der Waals surface area contributed by atoms with Crippen molar-refractivity contribution in [2.24, 2.45) is 5.73 Å². The topological polar surface area (TPSA) is 63.3 Å². The summed E-state index contributed by atoms with van der Waals surface area (Å²) in [6, 6.07) is 7.12. The molecule has 21 heavy (non-hydrogen) atoms. The second-order valence-electron chi connectivity index (χ2n) is 5.79. The number of phenolic OH excluding ortho intramolecular Hbond substituents is 1. The molecule has 0 atom stereocenters. The van der Waals surface area contributed by atoms with E-state index in [0.717, 1.165) is 5.56 Å². The minimum absolute atomic E-state index is 0. The maximum atomic E-state index is 12.5. The molecule has 0 saturated heterocycles. The number of halogens is 1. The molecule has 0 aliphatic carbocycles.